The van der Waals surface area contributed by atoms with E-state index >= 15 is 0 Å². The fourth-order valence-electron chi connectivity index (χ4n) is 3.36. The lowest BCUT2D eigenvalue weighted by Gasteiger charge is -2.29. The van der Waals surface area contributed by atoms with Gasteiger partial charge in [-0.25, -0.2) is 4.98 Å². The molecule has 2 aromatic heterocycles. The molecule has 0 saturated heterocycles. The number of benzene rings is 2. The van der Waals surface area contributed by atoms with Crippen LogP contribution in [0.2, 0.25) is 0 Å². The lowest BCUT2D eigenvalue weighted by molar-refractivity contribution is -0.127. The zero-order chi connectivity index (χ0) is 20.5. The molecule has 0 aliphatic carbocycles. The number of aromatic nitrogens is 2. The Hall–Kier alpha value is -3.45. The lowest BCUT2D eigenvalue weighted by atomic mass is 10.2. The van der Waals surface area contributed by atoms with Crippen LogP contribution in [0.5, 0.6) is 11.5 Å². The minimum Gasteiger partial charge on any atom is -0.485 e. The predicted octanol–water partition coefficient (Wildman–Crippen LogP) is 4.37. The average Bonchev–Trinajstić information content (AvgIpc) is 3.20. The van der Waals surface area contributed by atoms with Gasteiger partial charge in [-0.3, -0.25) is 14.7 Å². The highest BCUT2D eigenvalue weighted by Gasteiger charge is 2.33. The Morgan fingerprint density at radius 3 is 2.87 bits per heavy atom. The van der Waals surface area contributed by atoms with Crippen molar-refractivity contribution in [1.29, 1.82) is 0 Å². The van der Waals surface area contributed by atoms with E-state index in [-0.39, 0.29) is 12.5 Å². The van der Waals surface area contributed by atoms with E-state index in [1.54, 1.807) is 23.4 Å². The van der Waals surface area contributed by atoms with Crippen molar-refractivity contribution in [2.45, 2.75) is 19.6 Å². The topological polar surface area (TPSA) is 64.6 Å². The van der Waals surface area contributed by atoms with Crippen LogP contribution in [0, 0.1) is 6.92 Å². The third-order valence-electron chi connectivity index (χ3n) is 4.88. The van der Waals surface area contributed by atoms with E-state index in [9.17, 15) is 4.79 Å². The van der Waals surface area contributed by atoms with E-state index in [4.69, 9.17) is 14.5 Å². The van der Waals surface area contributed by atoms with Crippen molar-refractivity contribution in [1.82, 2.24) is 9.97 Å². The van der Waals surface area contributed by atoms with E-state index in [1.165, 1.54) is 11.3 Å². The first kappa shape index (κ1) is 18.6. The largest absolute Gasteiger partial charge is 0.485 e. The molecule has 1 atom stereocenters. The second-order valence-electron chi connectivity index (χ2n) is 7.12. The number of hydrogen-bond acceptors (Lipinski definition) is 6. The second kappa shape index (κ2) is 7.76. The highest BCUT2D eigenvalue weighted by molar-refractivity contribution is 7.22. The third kappa shape index (κ3) is 3.59. The fraction of sp³-hybridized carbons (Fsp3) is 0.174. The normalized spacial score (nSPS) is 15.2. The van der Waals surface area contributed by atoms with Gasteiger partial charge in [0.15, 0.2) is 16.6 Å². The number of carbonyl (C=O) groups is 1. The van der Waals surface area contributed by atoms with E-state index in [2.05, 4.69) is 11.1 Å². The van der Waals surface area contributed by atoms with Crippen LogP contribution in [0.15, 0.2) is 67.0 Å². The number of aryl methyl sites for hydroxylation is 1. The second-order valence-corrected chi connectivity index (χ2v) is 8.13. The van der Waals surface area contributed by atoms with Crippen LogP contribution in [0.3, 0.4) is 0 Å². The average molecular weight is 417 g/mol. The number of carbonyl (C=O) groups excluding carboxylic acids is 1. The highest BCUT2D eigenvalue weighted by atomic mass is 32.1. The van der Waals surface area contributed by atoms with Crippen molar-refractivity contribution in [3.05, 3.63) is 78.1 Å². The molecule has 0 spiro atoms. The molecule has 0 saturated carbocycles. The molecule has 1 aliphatic rings. The first-order valence-corrected chi connectivity index (χ1v) is 10.4. The summed E-state index contributed by atoms with van der Waals surface area (Å²) in [5, 5.41) is 0.631. The maximum atomic E-state index is 13.5. The molecule has 5 rings (SSSR count). The molecule has 6 nitrogen and oxygen atoms in total. The van der Waals surface area contributed by atoms with Gasteiger partial charge in [0.05, 0.1) is 16.8 Å². The first-order valence-electron chi connectivity index (χ1n) is 9.63. The number of fused-ring (bicyclic) bond motifs is 2. The number of ether oxygens (including phenoxy) is 2. The van der Waals surface area contributed by atoms with Gasteiger partial charge in [-0.1, -0.05) is 35.6 Å². The smallest absolute Gasteiger partial charge is 0.273 e. The molecule has 1 aliphatic heterocycles. The maximum absolute atomic E-state index is 13.5. The number of thiazole rings is 1. The van der Waals surface area contributed by atoms with Crippen LogP contribution in [0.1, 0.15) is 11.1 Å². The number of anilines is 1. The van der Waals surface area contributed by atoms with Crippen molar-refractivity contribution in [3.8, 4) is 11.5 Å². The van der Waals surface area contributed by atoms with Crippen molar-refractivity contribution in [3.63, 3.8) is 0 Å². The minimum absolute atomic E-state index is 0.156. The van der Waals surface area contributed by atoms with Gasteiger partial charge in [0, 0.05) is 12.4 Å². The molecular formula is C23H19N3O3S. The molecule has 0 radical (unpaired) electrons. The molecule has 30 heavy (non-hydrogen) atoms. The molecule has 0 unspecified atom stereocenters. The van der Waals surface area contributed by atoms with Gasteiger partial charge < -0.3 is 9.47 Å². The number of pyridine rings is 1. The van der Waals surface area contributed by atoms with E-state index < -0.39 is 6.10 Å². The van der Waals surface area contributed by atoms with Gasteiger partial charge in [-0.15, -0.1) is 0 Å². The molecule has 2 aromatic carbocycles. The first-order chi connectivity index (χ1) is 14.7. The SMILES string of the molecule is Cc1ccc2nc(N(Cc3cccnc3)C(=O)[C@H]3COc4ccccc4O3)sc2c1. The van der Waals surface area contributed by atoms with Crippen molar-refractivity contribution >= 4 is 32.6 Å². The quantitative estimate of drug-likeness (QED) is 0.493. The van der Waals surface area contributed by atoms with Gasteiger partial charge in [0.1, 0.15) is 6.61 Å². The van der Waals surface area contributed by atoms with E-state index in [0.29, 0.717) is 23.2 Å². The monoisotopic (exact) mass is 417 g/mol. The summed E-state index contributed by atoms with van der Waals surface area (Å²) in [4.78, 5) is 24.1. The predicted molar refractivity (Wildman–Crippen MR) is 116 cm³/mol. The molecule has 0 bridgehead atoms. The molecular weight excluding hydrogens is 398 g/mol. The summed E-state index contributed by atoms with van der Waals surface area (Å²) in [5.74, 6) is 1.03. The van der Waals surface area contributed by atoms with Crippen LogP contribution < -0.4 is 14.4 Å². The standard InChI is InChI=1S/C23H19N3O3S/c1-15-8-9-17-21(11-15)30-23(25-17)26(13-16-5-4-10-24-12-16)22(27)20-14-28-18-6-2-3-7-19(18)29-20/h2-12,20H,13-14H2,1H3/t20-/m1/s1. The summed E-state index contributed by atoms with van der Waals surface area (Å²) in [5.41, 5.74) is 2.94. The van der Waals surface area contributed by atoms with E-state index in [1.807, 2.05) is 49.4 Å². The third-order valence-corrected chi connectivity index (χ3v) is 5.92. The van der Waals surface area contributed by atoms with Crippen LogP contribution in [0.4, 0.5) is 5.13 Å². The Morgan fingerprint density at radius 2 is 2.03 bits per heavy atom. The van der Waals surface area contributed by atoms with E-state index in [0.717, 1.165) is 21.3 Å². The Morgan fingerprint density at radius 1 is 1.17 bits per heavy atom. The molecule has 1 amide bonds. The summed E-state index contributed by atoms with van der Waals surface area (Å²) in [6, 6.07) is 17.3. The summed E-state index contributed by atoms with van der Waals surface area (Å²) in [6.07, 6.45) is 2.72. The van der Waals surface area contributed by atoms with Crippen molar-refractivity contribution in [2.75, 3.05) is 11.5 Å². The van der Waals surface area contributed by atoms with Gasteiger partial charge in [-0.05, 0) is 48.4 Å². The number of para-hydroxylation sites is 2. The molecule has 7 heteroatoms. The number of hydrogen-bond donors (Lipinski definition) is 0. The summed E-state index contributed by atoms with van der Waals surface area (Å²) in [7, 11) is 0. The molecule has 0 fully saturated rings. The van der Waals surface area contributed by atoms with Crippen molar-refractivity contribution in [2.24, 2.45) is 0 Å². The minimum atomic E-state index is -0.745. The number of nitrogens with zero attached hydrogens (tertiary/aromatic N) is 3. The highest BCUT2D eigenvalue weighted by Crippen LogP contribution is 2.34. The summed E-state index contributed by atoms with van der Waals surface area (Å²) >= 11 is 1.49. The van der Waals surface area contributed by atoms with Crippen LogP contribution >= 0.6 is 11.3 Å². The summed E-state index contributed by atoms with van der Waals surface area (Å²) < 4.78 is 12.8. The van der Waals surface area contributed by atoms with Gasteiger partial charge >= 0.3 is 0 Å². The molecule has 150 valence electrons. The number of rotatable bonds is 4. The zero-order valence-electron chi connectivity index (χ0n) is 16.3. The van der Waals surface area contributed by atoms with Crippen molar-refractivity contribution < 1.29 is 14.3 Å². The molecule has 3 heterocycles. The fourth-order valence-corrected chi connectivity index (χ4v) is 4.43. The lowest BCUT2D eigenvalue weighted by Crippen LogP contribution is -2.46. The van der Waals surface area contributed by atoms with Crippen LogP contribution in [-0.2, 0) is 11.3 Å². The Labute approximate surface area is 177 Å². The van der Waals surface area contributed by atoms with Gasteiger partial charge in [0.2, 0.25) is 6.10 Å². The Bertz CT molecular complexity index is 1210. The van der Waals surface area contributed by atoms with Gasteiger partial charge in [-0.2, -0.15) is 0 Å². The van der Waals surface area contributed by atoms with Gasteiger partial charge in [0.25, 0.3) is 5.91 Å². The van der Waals surface area contributed by atoms with Crippen LogP contribution in [-0.4, -0.2) is 28.6 Å². The maximum Gasteiger partial charge on any atom is 0.273 e. The molecule has 0 N–H and O–H groups in total. The summed E-state index contributed by atoms with van der Waals surface area (Å²) in [6.45, 7) is 2.55. The number of amides is 1. The molecule has 4 aromatic rings. The Balaban J connectivity index is 1.49. The zero-order valence-corrected chi connectivity index (χ0v) is 17.1. The van der Waals surface area contributed by atoms with Crippen LogP contribution in [0.25, 0.3) is 10.2 Å². The Kier molecular flexibility index (Phi) is 4.80.